The third-order valence-electron chi connectivity index (χ3n) is 6.71. The number of hydrogen-bond acceptors (Lipinski definition) is 6. The average Bonchev–Trinajstić information content (AvgIpc) is 3.55. The number of ether oxygens (including phenoxy) is 3. The number of likely N-dealkylation sites (tertiary alicyclic amines) is 1. The quantitative estimate of drug-likeness (QED) is 0.478. The van der Waals surface area contributed by atoms with Crippen molar-refractivity contribution in [3.63, 3.8) is 0 Å². The van der Waals surface area contributed by atoms with Crippen LogP contribution in [0.2, 0.25) is 0 Å². The molecular weight excluding hydrogens is 444 g/mol. The summed E-state index contributed by atoms with van der Waals surface area (Å²) in [7, 11) is 1.69. The molecule has 0 N–H and O–H groups in total. The number of para-hydroxylation sites is 1. The smallest absolute Gasteiger partial charge is 0.289 e. The molecule has 1 aromatic heterocycles. The molecule has 2 aromatic carbocycles. The van der Waals surface area contributed by atoms with E-state index in [0.717, 1.165) is 23.6 Å². The molecule has 5 rings (SSSR count). The van der Waals surface area contributed by atoms with Gasteiger partial charge in [0, 0.05) is 44.6 Å². The molecule has 3 heterocycles. The number of methoxy groups -OCH3 is 1. The van der Waals surface area contributed by atoms with Crippen LogP contribution in [0.15, 0.2) is 71.1 Å². The molecule has 0 unspecified atom stereocenters. The summed E-state index contributed by atoms with van der Waals surface area (Å²) < 4.78 is 23.2. The Morgan fingerprint density at radius 1 is 0.914 bits per heavy atom. The highest BCUT2D eigenvalue weighted by molar-refractivity contribution is 5.91. The molecule has 184 valence electrons. The lowest BCUT2D eigenvalue weighted by atomic mass is 10.0. The van der Waals surface area contributed by atoms with E-state index in [1.54, 1.807) is 13.2 Å². The molecule has 1 spiro atoms. The van der Waals surface area contributed by atoms with Crippen LogP contribution in [0.3, 0.4) is 0 Å². The van der Waals surface area contributed by atoms with Crippen molar-refractivity contribution < 1.29 is 23.4 Å². The van der Waals surface area contributed by atoms with Crippen LogP contribution >= 0.6 is 0 Å². The van der Waals surface area contributed by atoms with Crippen molar-refractivity contribution >= 4 is 5.91 Å². The molecule has 7 nitrogen and oxygen atoms in total. The zero-order valence-corrected chi connectivity index (χ0v) is 20.2. The van der Waals surface area contributed by atoms with E-state index in [1.807, 2.05) is 47.4 Å². The summed E-state index contributed by atoms with van der Waals surface area (Å²) in [6.07, 6.45) is 1.38. The van der Waals surface area contributed by atoms with E-state index < -0.39 is 5.79 Å². The first-order valence-corrected chi connectivity index (χ1v) is 12.2. The predicted molar refractivity (Wildman–Crippen MR) is 131 cm³/mol. The first kappa shape index (κ1) is 23.6. The third-order valence-corrected chi connectivity index (χ3v) is 6.71. The zero-order valence-electron chi connectivity index (χ0n) is 20.2. The Hall–Kier alpha value is -3.13. The van der Waals surface area contributed by atoms with Crippen LogP contribution in [-0.2, 0) is 29.1 Å². The normalized spacial score (nSPS) is 17.3. The van der Waals surface area contributed by atoms with Gasteiger partial charge in [-0.1, -0.05) is 48.5 Å². The Kier molecular flexibility index (Phi) is 7.18. The molecule has 7 heteroatoms. The van der Waals surface area contributed by atoms with Crippen LogP contribution in [-0.4, -0.2) is 54.9 Å². The van der Waals surface area contributed by atoms with E-state index in [-0.39, 0.29) is 5.91 Å². The monoisotopic (exact) mass is 476 g/mol. The number of carbonyl (C=O) groups is 1. The topological polar surface area (TPSA) is 64.4 Å². The lowest BCUT2D eigenvalue weighted by molar-refractivity contribution is -0.181. The second kappa shape index (κ2) is 10.6. The maximum atomic E-state index is 13.1. The summed E-state index contributed by atoms with van der Waals surface area (Å²) in [5.74, 6) is 1.42. The summed E-state index contributed by atoms with van der Waals surface area (Å²) in [5, 5.41) is 0. The predicted octanol–water partition coefficient (Wildman–Crippen LogP) is 4.47. The summed E-state index contributed by atoms with van der Waals surface area (Å²) in [5.41, 5.74) is 2.32. The Morgan fingerprint density at radius 3 is 2.37 bits per heavy atom. The number of carbonyl (C=O) groups excluding carboxylic acids is 1. The number of benzene rings is 2. The Labute approximate surface area is 206 Å². The standard InChI is InChI=1S/C28H32N2O5/c1-32-25-10-6-5-9-23(25)20-29(19-22-7-3-2-4-8-22)21-24-11-12-26(35-24)27(31)30-15-13-28(14-16-30)33-17-18-34-28/h2-12H,13-21H2,1H3. The molecule has 1 amide bonds. The van der Waals surface area contributed by atoms with Crippen LogP contribution < -0.4 is 4.74 Å². The molecule has 0 radical (unpaired) electrons. The SMILES string of the molecule is COc1ccccc1CN(Cc1ccccc1)Cc1ccc(C(=O)N2CCC3(CC2)OCCO3)o1. The van der Waals surface area contributed by atoms with Gasteiger partial charge in [-0.15, -0.1) is 0 Å². The summed E-state index contributed by atoms with van der Waals surface area (Å²) in [6.45, 7) is 4.47. The van der Waals surface area contributed by atoms with Gasteiger partial charge in [-0.2, -0.15) is 0 Å². The van der Waals surface area contributed by atoms with Gasteiger partial charge in [-0.3, -0.25) is 9.69 Å². The highest BCUT2D eigenvalue weighted by atomic mass is 16.7. The number of rotatable bonds is 8. The molecule has 0 bridgehead atoms. The summed E-state index contributed by atoms with van der Waals surface area (Å²) >= 11 is 0. The van der Waals surface area contributed by atoms with Gasteiger partial charge in [0.2, 0.25) is 0 Å². The van der Waals surface area contributed by atoms with E-state index in [4.69, 9.17) is 18.6 Å². The van der Waals surface area contributed by atoms with Gasteiger partial charge in [0.05, 0.1) is 26.9 Å². The number of nitrogens with zero attached hydrogens (tertiary/aromatic N) is 2. The van der Waals surface area contributed by atoms with Crippen molar-refractivity contribution in [2.24, 2.45) is 0 Å². The van der Waals surface area contributed by atoms with Crippen molar-refractivity contribution in [3.8, 4) is 5.75 Å². The minimum Gasteiger partial charge on any atom is -0.496 e. The molecule has 2 fully saturated rings. The summed E-state index contributed by atoms with van der Waals surface area (Å²) in [4.78, 5) is 17.2. The van der Waals surface area contributed by atoms with E-state index >= 15 is 0 Å². The van der Waals surface area contributed by atoms with Crippen LogP contribution in [0.4, 0.5) is 0 Å². The fourth-order valence-electron chi connectivity index (χ4n) is 4.87. The number of amides is 1. The second-order valence-corrected chi connectivity index (χ2v) is 9.11. The molecule has 2 aliphatic rings. The van der Waals surface area contributed by atoms with E-state index in [2.05, 4.69) is 23.1 Å². The first-order valence-electron chi connectivity index (χ1n) is 12.2. The van der Waals surface area contributed by atoms with Gasteiger partial charge in [0.25, 0.3) is 5.91 Å². The van der Waals surface area contributed by atoms with E-state index in [1.165, 1.54) is 5.56 Å². The minimum absolute atomic E-state index is 0.0802. The van der Waals surface area contributed by atoms with E-state index in [0.29, 0.717) is 58.0 Å². The van der Waals surface area contributed by atoms with Gasteiger partial charge < -0.3 is 23.5 Å². The van der Waals surface area contributed by atoms with E-state index in [9.17, 15) is 4.79 Å². The van der Waals surface area contributed by atoms with Crippen LogP contribution in [0, 0.1) is 0 Å². The highest BCUT2D eigenvalue weighted by Gasteiger charge is 2.41. The Bertz CT molecular complexity index is 1110. The molecule has 2 aliphatic heterocycles. The van der Waals surface area contributed by atoms with Crippen LogP contribution in [0.1, 0.15) is 40.3 Å². The zero-order chi connectivity index (χ0) is 24.1. The molecule has 0 aliphatic carbocycles. The fourth-order valence-corrected chi connectivity index (χ4v) is 4.87. The fraction of sp³-hybridized carbons (Fsp3) is 0.393. The largest absolute Gasteiger partial charge is 0.496 e. The molecular formula is C28H32N2O5. The molecule has 2 saturated heterocycles. The van der Waals surface area contributed by atoms with Crippen molar-refractivity contribution in [3.05, 3.63) is 89.4 Å². The number of piperidine rings is 1. The lowest BCUT2D eigenvalue weighted by Gasteiger charge is -2.37. The molecule has 3 aromatic rings. The maximum absolute atomic E-state index is 13.1. The number of furan rings is 1. The Morgan fingerprint density at radius 2 is 1.63 bits per heavy atom. The van der Waals surface area contributed by atoms with Gasteiger partial charge in [-0.25, -0.2) is 0 Å². The minimum atomic E-state index is -0.498. The second-order valence-electron chi connectivity index (χ2n) is 9.11. The average molecular weight is 477 g/mol. The van der Waals surface area contributed by atoms with Gasteiger partial charge in [0.1, 0.15) is 11.5 Å². The third kappa shape index (κ3) is 5.59. The summed E-state index contributed by atoms with van der Waals surface area (Å²) in [6, 6.07) is 22.1. The van der Waals surface area contributed by atoms with Crippen molar-refractivity contribution in [2.75, 3.05) is 33.4 Å². The van der Waals surface area contributed by atoms with Crippen molar-refractivity contribution in [1.29, 1.82) is 0 Å². The first-order chi connectivity index (χ1) is 17.1. The van der Waals surface area contributed by atoms with Crippen LogP contribution in [0.25, 0.3) is 0 Å². The van der Waals surface area contributed by atoms with Crippen LogP contribution in [0.5, 0.6) is 5.75 Å². The van der Waals surface area contributed by atoms with Gasteiger partial charge >= 0.3 is 0 Å². The molecule has 0 saturated carbocycles. The molecule has 0 atom stereocenters. The number of hydrogen-bond donors (Lipinski definition) is 0. The van der Waals surface area contributed by atoms with Crippen molar-refractivity contribution in [2.45, 2.75) is 38.3 Å². The highest BCUT2D eigenvalue weighted by Crippen LogP contribution is 2.32. The Balaban J connectivity index is 1.27. The molecule has 35 heavy (non-hydrogen) atoms. The van der Waals surface area contributed by atoms with Gasteiger partial charge in [-0.05, 0) is 23.8 Å². The van der Waals surface area contributed by atoms with Crippen molar-refractivity contribution in [1.82, 2.24) is 9.80 Å². The maximum Gasteiger partial charge on any atom is 0.289 e. The van der Waals surface area contributed by atoms with Gasteiger partial charge in [0.15, 0.2) is 11.5 Å². The lowest BCUT2D eigenvalue weighted by Crippen LogP contribution is -2.47.